The van der Waals surface area contributed by atoms with Gasteiger partial charge in [0, 0.05) is 17.7 Å². The average Bonchev–Trinajstić information content (AvgIpc) is 2.56. The first-order valence-electron chi connectivity index (χ1n) is 3.94. The molecule has 0 saturated heterocycles. The second-order valence-corrected chi connectivity index (χ2v) is 2.65. The molecule has 0 amide bonds. The van der Waals surface area contributed by atoms with Crippen molar-refractivity contribution in [1.29, 1.82) is 0 Å². The van der Waals surface area contributed by atoms with Crippen molar-refractivity contribution in [2.24, 2.45) is 12.2 Å². The molecular weight excluding hydrogens is 184 g/mol. The molecule has 6 nitrogen and oxygen atoms in total. The summed E-state index contributed by atoms with van der Waals surface area (Å²) in [7, 11) is 3.04. The van der Waals surface area contributed by atoms with Gasteiger partial charge in [-0.25, -0.2) is 4.79 Å². The van der Waals surface area contributed by atoms with Crippen LogP contribution in [0, 0.1) is 0 Å². The average molecular weight is 194 g/mol. The van der Waals surface area contributed by atoms with Crippen molar-refractivity contribution in [3.05, 3.63) is 34.0 Å². The van der Waals surface area contributed by atoms with Gasteiger partial charge >= 0.3 is 5.97 Å². The van der Waals surface area contributed by atoms with E-state index in [1.807, 2.05) is 0 Å². The number of methoxy groups -OCH3 is 1. The fraction of sp³-hybridized carbons (Fsp3) is 0.375. The first-order valence-corrected chi connectivity index (χ1v) is 3.94. The molecule has 1 heterocycles. The number of carbonyl (C=O) groups excluding carboxylic acids is 1. The smallest absolute Gasteiger partial charge is 0.354 e. The van der Waals surface area contributed by atoms with Crippen molar-refractivity contribution in [1.82, 2.24) is 4.57 Å². The monoisotopic (exact) mass is 194 g/mol. The molecule has 0 aliphatic carbocycles. The van der Waals surface area contributed by atoms with E-state index >= 15 is 0 Å². The highest BCUT2D eigenvalue weighted by molar-refractivity contribution is 5.87. The van der Waals surface area contributed by atoms with E-state index in [-0.39, 0.29) is 6.54 Å². The number of ether oxygens (including phenoxy) is 1. The predicted molar refractivity (Wildman–Crippen MR) is 49.6 cm³/mol. The van der Waals surface area contributed by atoms with E-state index in [0.717, 1.165) is 5.69 Å². The molecule has 0 fully saturated rings. The van der Waals surface area contributed by atoms with E-state index in [1.54, 1.807) is 23.7 Å². The van der Waals surface area contributed by atoms with Crippen LogP contribution in [0.15, 0.2) is 17.2 Å². The Bertz CT molecular complexity index is 390. The zero-order valence-corrected chi connectivity index (χ0v) is 7.97. The first kappa shape index (κ1) is 10.1. The van der Waals surface area contributed by atoms with Crippen molar-refractivity contribution in [2.45, 2.75) is 6.54 Å². The Kier molecular flexibility index (Phi) is 3.14. The van der Waals surface area contributed by atoms with Gasteiger partial charge in [0.2, 0.25) is 0 Å². The number of hydrogen-bond donors (Lipinski definition) is 0. The number of esters is 1. The molecular formula is C8H10N4O2. The van der Waals surface area contributed by atoms with E-state index in [2.05, 4.69) is 14.8 Å². The summed E-state index contributed by atoms with van der Waals surface area (Å²) in [5, 5.41) is 3.41. The van der Waals surface area contributed by atoms with Gasteiger partial charge in [-0.3, -0.25) is 0 Å². The highest BCUT2D eigenvalue weighted by Crippen LogP contribution is 2.09. The van der Waals surface area contributed by atoms with Gasteiger partial charge in [-0.05, 0) is 17.7 Å². The minimum atomic E-state index is -0.403. The van der Waals surface area contributed by atoms with E-state index in [9.17, 15) is 4.79 Å². The van der Waals surface area contributed by atoms with Crippen LogP contribution in [0.4, 0.5) is 0 Å². The number of nitrogens with zero attached hydrogens (tertiary/aromatic N) is 4. The molecule has 0 N–H and O–H groups in total. The molecule has 0 atom stereocenters. The lowest BCUT2D eigenvalue weighted by molar-refractivity contribution is 0.0589. The van der Waals surface area contributed by atoms with Crippen molar-refractivity contribution >= 4 is 5.97 Å². The zero-order valence-electron chi connectivity index (χ0n) is 7.97. The molecule has 0 saturated carbocycles. The second-order valence-electron chi connectivity index (χ2n) is 2.65. The van der Waals surface area contributed by atoms with Gasteiger partial charge < -0.3 is 9.30 Å². The summed E-state index contributed by atoms with van der Waals surface area (Å²) >= 11 is 0. The molecule has 0 bridgehead atoms. The molecule has 0 aliphatic rings. The quantitative estimate of drug-likeness (QED) is 0.317. The van der Waals surface area contributed by atoms with Gasteiger partial charge in [0.25, 0.3) is 0 Å². The van der Waals surface area contributed by atoms with E-state index < -0.39 is 5.97 Å². The molecule has 6 heteroatoms. The van der Waals surface area contributed by atoms with E-state index in [1.165, 1.54) is 7.11 Å². The van der Waals surface area contributed by atoms with Crippen LogP contribution in [0.2, 0.25) is 0 Å². The van der Waals surface area contributed by atoms with Gasteiger partial charge in [-0.1, -0.05) is 5.11 Å². The van der Waals surface area contributed by atoms with Crippen LogP contribution in [0.5, 0.6) is 0 Å². The van der Waals surface area contributed by atoms with Gasteiger partial charge in [0.1, 0.15) is 5.69 Å². The predicted octanol–water partition coefficient (Wildman–Crippen LogP) is 1.62. The summed E-state index contributed by atoms with van der Waals surface area (Å²) in [6, 6.07) is 3.36. The molecule has 1 rings (SSSR count). The lowest BCUT2D eigenvalue weighted by Crippen LogP contribution is -2.08. The van der Waals surface area contributed by atoms with E-state index in [4.69, 9.17) is 5.53 Å². The number of rotatable bonds is 3. The van der Waals surface area contributed by atoms with Crippen molar-refractivity contribution in [2.75, 3.05) is 7.11 Å². The molecule has 0 radical (unpaired) electrons. The Morgan fingerprint density at radius 2 is 2.43 bits per heavy atom. The third-order valence-corrected chi connectivity index (χ3v) is 1.92. The van der Waals surface area contributed by atoms with Crippen molar-refractivity contribution in [3.63, 3.8) is 0 Å². The Labute approximate surface area is 80.7 Å². The maximum atomic E-state index is 11.2. The second kappa shape index (κ2) is 4.34. The third-order valence-electron chi connectivity index (χ3n) is 1.92. The molecule has 0 aliphatic heterocycles. The maximum absolute atomic E-state index is 11.2. The summed E-state index contributed by atoms with van der Waals surface area (Å²) in [4.78, 5) is 13.8. The Balaban J connectivity index is 2.95. The highest BCUT2D eigenvalue weighted by atomic mass is 16.5. The molecule has 0 unspecified atom stereocenters. The Hall–Kier alpha value is -1.94. The Morgan fingerprint density at radius 3 is 3.00 bits per heavy atom. The highest BCUT2D eigenvalue weighted by Gasteiger charge is 2.11. The first-order chi connectivity index (χ1) is 6.70. The normalized spacial score (nSPS) is 9.29. The van der Waals surface area contributed by atoms with Crippen LogP contribution in [0.25, 0.3) is 10.4 Å². The topological polar surface area (TPSA) is 80.0 Å². The summed E-state index contributed by atoms with van der Waals surface area (Å²) in [6.45, 7) is 0.226. The minimum absolute atomic E-state index is 0.226. The third kappa shape index (κ3) is 1.86. The van der Waals surface area contributed by atoms with Crippen molar-refractivity contribution < 1.29 is 9.53 Å². The summed E-state index contributed by atoms with van der Waals surface area (Å²) in [5.41, 5.74) is 9.35. The van der Waals surface area contributed by atoms with Gasteiger partial charge in [-0.15, -0.1) is 0 Å². The zero-order chi connectivity index (χ0) is 10.6. The number of aromatic nitrogens is 1. The minimum Gasteiger partial charge on any atom is -0.464 e. The van der Waals surface area contributed by atoms with E-state index in [0.29, 0.717) is 5.69 Å². The van der Waals surface area contributed by atoms with Crippen LogP contribution in [-0.4, -0.2) is 17.6 Å². The summed E-state index contributed by atoms with van der Waals surface area (Å²) < 4.78 is 6.21. The van der Waals surface area contributed by atoms with Crippen LogP contribution >= 0.6 is 0 Å². The van der Waals surface area contributed by atoms with Gasteiger partial charge in [0.05, 0.1) is 13.7 Å². The van der Waals surface area contributed by atoms with Crippen LogP contribution < -0.4 is 0 Å². The lowest BCUT2D eigenvalue weighted by atomic mass is 10.4. The van der Waals surface area contributed by atoms with Crippen LogP contribution in [0.1, 0.15) is 16.2 Å². The largest absolute Gasteiger partial charge is 0.464 e. The van der Waals surface area contributed by atoms with Gasteiger partial charge in [0.15, 0.2) is 0 Å². The van der Waals surface area contributed by atoms with Crippen LogP contribution in [-0.2, 0) is 18.3 Å². The maximum Gasteiger partial charge on any atom is 0.354 e. The van der Waals surface area contributed by atoms with Crippen molar-refractivity contribution in [3.8, 4) is 0 Å². The van der Waals surface area contributed by atoms with Gasteiger partial charge in [-0.2, -0.15) is 0 Å². The lowest BCUT2D eigenvalue weighted by Gasteiger charge is -2.03. The molecule has 1 aromatic rings. The fourth-order valence-corrected chi connectivity index (χ4v) is 1.13. The number of hydrogen-bond acceptors (Lipinski definition) is 3. The standard InChI is InChI=1S/C8H10N4O2/c1-12-6(5-10-11-9)3-4-7(12)8(13)14-2/h3-4H,5H2,1-2H3. The molecule has 14 heavy (non-hydrogen) atoms. The molecule has 1 aromatic heterocycles. The number of carbonyl (C=O) groups is 1. The molecule has 0 spiro atoms. The summed E-state index contributed by atoms with van der Waals surface area (Å²) in [6.07, 6.45) is 0. The molecule has 74 valence electrons. The molecule has 0 aromatic carbocycles. The SMILES string of the molecule is COC(=O)c1ccc(CN=[N+]=[N-])n1C. The van der Waals surface area contributed by atoms with Crippen LogP contribution in [0.3, 0.4) is 0 Å². The fourth-order valence-electron chi connectivity index (χ4n) is 1.13. The Morgan fingerprint density at radius 1 is 1.71 bits per heavy atom. The number of azide groups is 1. The summed E-state index contributed by atoms with van der Waals surface area (Å²) in [5.74, 6) is -0.403.